The fourth-order valence-electron chi connectivity index (χ4n) is 1.85. The van der Waals surface area contributed by atoms with Gasteiger partial charge >= 0.3 is 0 Å². The monoisotopic (exact) mass is 166 g/mol. The number of aryl methyl sites for hydroxylation is 2. The lowest BCUT2D eigenvalue weighted by Gasteiger charge is -2.19. The van der Waals surface area contributed by atoms with Gasteiger partial charge in [0.15, 0.2) is 0 Å². The molecule has 0 fully saturated rings. The molecule has 0 bridgehead atoms. The Labute approximate surface area is 72.2 Å². The molecule has 1 aliphatic carbocycles. The van der Waals surface area contributed by atoms with Crippen LogP contribution in [0.15, 0.2) is 0 Å². The number of hydrogen-bond acceptors (Lipinski definition) is 2. The minimum atomic E-state index is 0.221. The Bertz CT molecular complexity index is 280. The quantitative estimate of drug-likeness (QED) is 0.690. The van der Waals surface area contributed by atoms with E-state index in [4.69, 9.17) is 4.74 Å². The number of aromatic amines is 1. The maximum atomic E-state index is 5.35. The van der Waals surface area contributed by atoms with Crippen molar-refractivity contribution in [3.8, 4) is 0 Å². The van der Waals surface area contributed by atoms with Gasteiger partial charge in [-0.3, -0.25) is 0 Å². The Morgan fingerprint density at radius 1 is 1.58 bits per heavy atom. The van der Waals surface area contributed by atoms with E-state index in [9.17, 15) is 0 Å². The summed E-state index contributed by atoms with van der Waals surface area (Å²) in [5.74, 6) is 1.00. The first-order valence-electron chi connectivity index (χ1n) is 4.39. The molecule has 0 saturated carbocycles. The number of fused-ring (bicyclic) bond motifs is 1. The molecule has 1 aromatic heterocycles. The summed E-state index contributed by atoms with van der Waals surface area (Å²) >= 11 is 0. The van der Waals surface area contributed by atoms with Gasteiger partial charge in [0.25, 0.3) is 0 Å². The van der Waals surface area contributed by atoms with Gasteiger partial charge in [-0.1, -0.05) is 0 Å². The Kier molecular flexibility index (Phi) is 1.89. The number of hydrogen-bond donors (Lipinski definition) is 1. The summed E-state index contributed by atoms with van der Waals surface area (Å²) in [5.41, 5.74) is 2.40. The maximum Gasteiger partial charge on any atom is 0.103 e. The molecule has 0 amide bonds. The predicted molar refractivity (Wildman–Crippen MR) is 46.0 cm³/mol. The van der Waals surface area contributed by atoms with Gasteiger partial charge in [-0.25, -0.2) is 4.98 Å². The molecule has 0 aromatic carbocycles. The van der Waals surface area contributed by atoms with Crippen LogP contribution >= 0.6 is 0 Å². The molecule has 0 radical (unpaired) electrons. The fourth-order valence-corrected chi connectivity index (χ4v) is 1.85. The van der Waals surface area contributed by atoms with Crippen LogP contribution in [0.1, 0.15) is 36.2 Å². The number of H-pyrrole nitrogens is 1. The topological polar surface area (TPSA) is 37.9 Å². The average molecular weight is 166 g/mol. The summed E-state index contributed by atoms with van der Waals surface area (Å²) < 4.78 is 5.35. The van der Waals surface area contributed by atoms with E-state index in [2.05, 4.69) is 9.97 Å². The zero-order chi connectivity index (χ0) is 8.55. The SMILES string of the molecule is COC1CCCc2[nH]c(C)nc21. The van der Waals surface area contributed by atoms with Crippen LogP contribution in [-0.4, -0.2) is 17.1 Å². The van der Waals surface area contributed by atoms with Gasteiger partial charge in [0, 0.05) is 12.8 Å². The largest absolute Gasteiger partial charge is 0.375 e. The van der Waals surface area contributed by atoms with E-state index in [0.717, 1.165) is 24.4 Å². The summed E-state index contributed by atoms with van der Waals surface area (Å²) in [6, 6.07) is 0. The van der Waals surface area contributed by atoms with Crippen molar-refractivity contribution in [2.45, 2.75) is 32.3 Å². The first-order valence-corrected chi connectivity index (χ1v) is 4.39. The molecule has 12 heavy (non-hydrogen) atoms. The van der Waals surface area contributed by atoms with Crippen LogP contribution in [0.5, 0.6) is 0 Å². The van der Waals surface area contributed by atoms with E-state index >= 15 is 0 Å². The molecule has 0 aliphatic heterocycles. The Morgan fingerprint density at radius 2 is 2.42 bits per heavy atom. The van der Waals surface area contributed by atoms with Gasteiger partial charge < -0.3 is 9.72 Å². The number of methoxy groups -OCH3 is 1. The lowest BCUT2D eigenvalue weighted by molar-refractivity contribution is 0.0846. The molecule has 0 spiro atoms. The average Bonchev–Trinajstić information content (AvgIpc) is 2.44. The Balaban J connectivity index is 2.36. The van der Waals surface area contributed by atoms with Crippen molar-refractivity contribution in [3.05, 3.63) is 17.2 Å². The number of imidazole rings is 1. The van der Waals surface area contributed by atoms with Crippen LogP contribution < -0.4 is 0 Å². The summed E-state index contributed by atoms with van der Waals surface area (Å²) in [6.07, 6.45) is 3.65. The van der Waals surface area contributed by atoms with Gasteiger partial charge in [0.2, 0.25) is 0 Å². The molecule has 2 rings (SSSR count). The van der Waals surface area contributed by atoms with E-state index in [1.165, 1.54) is 12.1 Å². The molecule has 3 heteroatoms. The molecular formula is C9H14N2O. The van der Waals surface area contributed by atoms with Crippen molar-refractivity contribution in [2.24, 2.45) is 0 Å². The van der Waals surface area contributed by atoms with Crippen LogP contribution in [0.2, 0.25) is 0 Å². The number of aromatic nitrogens is 2. The zero-order valence-corrected chi connectivity index (χ0v) is 7.55. The third kappa shape index (κ3) is 1.14. The Morgan fingerprint density at radius 3 is 3.17 bits per heavy atom. The summed E-state index contributed by atoms with van der Waals surface area (Å²) in [4.78, 5) is 7.69. The molecule has 1 N–H and O–H groups in total. The zero-order valence-electron chi connectivity index (χ0n) is 7.55. The molecule has 1 heterocycles. The number of ether oxygens (including phenoxy) is 1. The van der Waals surface area contributed by atoms with Gasteiger partial charge in [0.1, 0.15) is 11.9 Å². The maximum absolute atomic E-state index is 5.35. The highest BCUT2D eigenvalue weighted by atomic mass is 16.5. The third-order valence-electron chi connectivity index (χ3n) is 2.41. The highest BCUT2D eigenvalue weighted by molar-refractivity contribution is 5.19. The predicted octanol–water partition coefficient (Wildman–Crippen LogP) is 1.74. The summed E-state index contributed by atoms with van der Waals surface area (Å²) in [6.45, 7) is 1.99. The molecule has 1 aromatic rings. The van der Waals surface area contributed by atoms with Crippen molar-refractivity contribution in [2.75, 3.05) is 7.11 Å². The fraction of sp³-hybridized carbons (Fsp3) is 0.667. The first kappa shape index (κ1) is 7.80. The van der Waals surface area contributed by atoms with Gasteiger partial charge in [-0.2, -0.15) is 0 Å². The van der Waals surface area contributed by atoms with E-state index in [1.54, 1.807) is 7.11 Å². The van der Waals surface area contributed by atoms with Crippen LogP contribution in [-0.2, 0) is 11.2 Å². The highest BCUT2D eigenvalue weighted by Crippen LogP contribution is 2.29. The number of nitrogens with zero attached hydrogens (tertiary/aromatic N) is 1. The van der Waals surface area contributed by atoms with Crippen molar-refractivity contribution in [1.29, 1.82) is 0 Å². The third-order valence-corrected chi connectivity index (χ3v) is 2.41. The van der Waals surface area contributed by atoms with E-state index in [-0.39, 0.29) is 6.10 Å². The Hall–Kier alpha value is -0.830. The number of rotatable bonds is 1. The van der Waals surface area contributed by atoms with Crippen molar-refractivity contribution in [3.63, 3.8) is 0 Å². The molecule has 1 atom stereocenters. The van der Waals surface area contributed by atoms with Crippen LogP contribution in [0, 0.1) is 6.92 Å². The van der Waals surface area contributed by atoms with Gasteiger partial charge in [0.05, 0.1) is 5.69 Å². The summed E-state index contributed by atoms with van der Waals surface area (Å²) in [7, 11) is 1.75. The minimum absolute atomic E-state index is 0.221. The first-order chi connectivity index (χ1) is 5.81. The molecule has 0 saturated heterocycles. The molecule has 3 nitrogen and oxygen atoms in total. The van der Waals surface area contributed by atoms with E-state index in [0.29, 0.717) is 0 Å². The summed E-state index contributed by atoms with van der Waals surface area (Å²) in [5, 5.41) is 0. The van der Waals surface area contributed by atoms with E-state index in [1.807, 2.05) is 6.92 Å². The smallest absolute Gasteiger partial charge is 0.103 e. The standard InChI is InChI=1S/C9H14N2O/c1-6-10-7-4-3-5-8(12-2)9(7)11-6/h8H,3-5H2,1-2H3,(H,10,11). The number of nitrogens with one attached hydrogen (secondary N) is 1. The molecule has 1 unspecified atom stereocenters. The van der Waals surface area contributed by atoms with E-state index < -0.39 is 0 Å². The minimum Gasteiger partial charge on any atom is -0.375 e. The van der Waals surface area contributed by atoms with Crippen molar-refractivity contribution in [1.82, 2.24) is 9.97 Å². The second kappa shape index (κ2) is 2.90. The lowest BCUT2D eigenvalue weighted by Crippen LogP contribution is -2.10. The van der Waals surface area contributed by atoms with Crippen molar-refractivity contribution < 1.29 is 4.74 Å². The molecule has 1 aliphatic rings. The van der Waals surface area contributed by atoms with Crippen LogP contribution in [0.3, 0.4) is 0 Å². The normalized spacial score (nSPS) is 22.3. The van der Waals surface area contributed by atoms with Crippen molar-refractivity contribution >= 4 is 0 Å². The van der Waals surface area contributed by atoms with Crippen LogP contribution in [0.25, 0.3) is 0 Å². The van der Waals surface area contributed by atoms with Gasteiger partial charge in [-0.15, -0.1) is 0 Å². The highest BCUT2D eigenvalue weighted by Gasteiger charge is 2.22. The lowest BCUT2D eigenvalue weighted by atomic mass is 9.98. The second-order valence-corrected chi connectivity index (χ2v) is 3.30. The molecule has 66 valence electrons. The second-order valence-electron chi connectivity index (χ2n) is 3.30. The van der Waals surface area contributed by atoms with Crippen LogP contribution in [0.4, 0.5) is 0 Å². The van der Waals surface area contributed by atoms with Gasteiger partial charge in [-0.05, 0) is 26.2 Å². The molecular weight excluding hydrogens is 152 g/mol.